The minimum Gasteiger partial charge on any atom is -0.393 e. The highest BCUT2D eigenvalue weighted by Crippen LogP contribution is 2.40. The maximum Gasteiger partial charge on any atom is 0.0585 e. The van der Waals surface area contributed by atoms with Gasteiger partial charge in [-0.15, -0.1) is 0 Å². The predicted molar refractivity (Wildman–Crippen MR) is 51.9 cm³/mol. The normalized spacial score (nSPS) is 28.8. The third kappa shape index (κ3) is 1.61. The molecule has 1 nitrogen and oxygen atoms in total. The highest BCUT2D eigenvalue weighted by molar-refractivity contribution is 5.32. The average Bonchev–Trinajstić information content (AvgIpc) is 1.82. The van der Waals surface area contributed by atoms with Crippen molar-refractivity contribution in [3.63, 3.8) is 0 Å². The van der Waals surface area contributed by atoms with Crippen LogP contribution in [0.5, 0.6) is 0 Å². The van der Waals surface area contributed by atoms with E-state index in [2.05, 4.69) is 27.4 Å². The summed E-state index contributed by atoms with van der Waals surface area (Å²) in [6.07, 6.45) is 3.43. The molecule has 0 fully saturated rings. The van der Waals surface area contributed by atoms with Crippen molar-refractivity contribution in [2.24, 2.45) is 5.41 Å². The molecular formula is C11H18O. The lowest BCUT2D eigenvalue weighted by molar-refractivity contribution is 0.116. The largest absolute Gasteiger partial charge is 0.393 e. The molecule has 1 N–H and O–H groups in total. The van der Waals surface area contributed by atoms with Crippen molar-refractivity contribution in [3.05, 3.63) is 23.8 Å². The Morgan fingerprint density at radius 1 is 1.58 bits per heavy atom. The van der Waals surface area contributed by atoms with E-state index in [1.54, 1.807) is 0 Å². The molecule has 0 heterocycles. The minimum absolute atomic E-state index is 0.101. The molecule has 68 valence electrons. The molecule has 12 heavy (non-hydrogen) atoms. The summed E-state index contributed by atoms with van der Waals surface area (Å²) in [7, 11) is 0. The van der Waals surface area contributed by atoms with Crippen LogP contribution in [0, 0.1) is 5.41 Å². The Labute approximate surface area is 74.8 Å². The van der Waals surface area contributed by atoms with Crippen molar-refractivity contribution >= 4 is 0 Å². The van der Waals surface area contributed by atoms with Gasteiger partial charge in [0.25, 0.3) is 0 Å². The summed E-state index contributed by atoms with van der Waals surface area (Å²) < 4.78 is 0. The van der Waals surface area contributed by atoms with Gasteiger partial charge in [-0.1, -0.05) is 32.1 Å². The number of hydrogen-bond donors (Lipinski definition) is 1. The summed E-state index contributed by atoms with van der Waals surface area (Å²) in [5.41, 5.74) is 2.70. The van der Waals surface area contributed by atoms with Crippen molar-refractivity contribution in [1.82, 2.24) is 0 Å². The molecule has 1 unspecified atom stereocenters. The highest BCUT2D eigenvalue weighted by Gasteiger charge is 2.30. The number of aliphatic hydroxyl groups is 1. The summed E-state index contributed by atoms with van der Waals surface area (Å²) in [5.74, 6) is 0. The zero-order chi connectivity index (χ0) is 9.35. The van der Waals surface area contributed by atoms with E-state index in [0.29, 0.717) is 0 Å². The summed E-state index contributed by atoms with van der Waals surface area (Å²) in [6, 6.07) is 0. The first-order valence-corrected chi connectivity index (χ1v) is 4.48. The second-order valence-electron chi connectivity index (χ2n) is 4.34. The monoisotopic (exact) mass is 166 g/mol. The molecule has 0 aromatic heterocycles. The Kier molecular flexibility index (Phi) is 2.43. The molecular weight excluding hydrogens is 148 g/mol. The van der Waals surface area contributed by atoms with Crippen LogP contribution in [0.4, 0.5) is 0 Å². The van der Waals surface area contributed by atoms with Gasteiger partial charge in [0.2, 0.25) is 0 Å². The molecule has 1 aliphatic rings. The zero-order valence-electron chi connectivity index (χ0n) is 8.22. The van der Waals surface area contributed by atoms with E-state index in [9.17, 15) is 5.11 Å². The van der Waals surface area contributed by atoms with Gasteiger partial charge in [-0.3, -0.25) is 0 Å². The van der Waals surface area contributed by atoms with Crippen molar-refractivity contribution < 1.29 is 5.11 Å². The molecule has 0 saturated heterocycles. The molecule has 1 atom stereocenters. The van der Waals surface area contributed by atoms with Crippen LogP contribution < -0.4 is 0 Å². The Bertz CT molecular complexity index is 223. The zero-order valence-corrected chi connectivity index (χ0v) is 8.22. The molecule has 0 amide bonds. The van der Waals surface area contributed by atoms with Crippen LogP contribution in [0.25, 0.3) is 0 Å². The standard InChI is InChI=1S/C11H18O/c1-5-10-8(2)6-9(12)7-11(10,3)4/h5,9,12H,1,6-7H2,2-4H3. The van der Waals surface area contributed by atoms with E-state index in [1.807, 2.05) is 6.08 Å². The number of allylic oxidation sites excluding steroid dienone is 2. The van der Waals surface area contributed by atoms with Crippen LogP contribution in [-0.2, 0) is 0 Å². The highest BCUT2D eigenvalue weighted by atomic mass is 16.3. The van der Waals surface area contributed by atoms with Crippen LogP contribution >= 0.6 is 0 Å². The number of hydrogen-bond acceptors (Lipinski definition) is 1. The molecule has 0 aliphatic heterocycles. The van der Waals surface area contributed by atoms with Crippen molar-refractivity contribution in [2.75, 3.05) is 0 Å². The maximum absolute atomic E-state index is 9.56. The Hall–Kier alpha value is -0.560. The Morgan fingerprint density at radius 3 is 2.58 bits per heavy atom. The molecule has 1 rings (SSSR count). The SMILES string of the molecule is C=CC1=C(C)CC(O)CC1(C)C. The fourth-order valence-corrected chi connectivity index (χ4v) is 2.26. The topological polar surface area (TPSA) is 20.2 Å². The van der Waals surface area contributed by atoms with Gasteiger partial charge in [-0.05, 0) is 30.8 Å². The first-order valence-electron chi connectivity index (χ1n) is 4.48. The third-order valence-electron chi connectivity index (χ3n) is 2.68. The third-order valence-corrected chi connectivity index (χ3v) is 2.68. The van der Waals surface area contributed by atoms with Gasteiger partial charge in [0, 0.05) is 0 Å². The van der Waals surface area contributed by atoms with Crippen LogP contribution in [0.3, 0.4) is 0 Å². The van der Waals surface area contributed by atoms with Gasteiger partial charge in [0.1, 0.15) is 0 Å². The van der Waals surface area contributed by atoms with Crippen LogP contribution in [-0.4, -0.2) is 11.2 Å². The smallest absolute Gasteiger partial charge is 0.0585 e. The summed E-state index contributed by atoms with van der Waals surface area (Å²) in [6.45, 7) is 10.2. The summed E-state index contributed by atoms with van der Waals surface area (Å²) in [5, 5.41) is 9.56. The molecule has 0 aromatic carbocycles. The van der Waals surface area contributed by atoms with Gasteiger partial charge >= 0.3 is 0 Å². The summed E-state index contributed by atoms with van der Waals surface area (Å²) in [4.78, 5) is 0. The van der Waals surface area contributed by atoms with E-state index in [0.717, 1.165) is 12.8 Å². The molecule has 0 saturated carbocycles. The van der Waals surface area contributed by atoms with Crippen molar-refractivity contribution in [3.8, 4) is 0 Å². The summed E-state index contributed by atoms with van der Waals surface area (Å²) >= 11 is 0. The van der Waals surface area contributed by atoms with E-state index < -0.39 is 0 Å². The lowest BCUT2D eigenvalue weighted by Gasteiger charge is -2.35. The van der Waals surface area contributed by atoms with Crippen molar-refractivity contribution in [1.29, 1.82) is 0 Å². The molecule has 1 aliphatic carbocycles. The van der Waals surface area contributed by atoms with Gasteiger partial charge < -0.3 is 5.11 Å². The lowest BCUT2D eigenvalue weighted by atomic mass is 9.72. The fraction of sp³-hybridized carbons (Fsp3) is 0.636. The molecule has 0 spiro atoms. The first kappa shape index (κ1) is 9.53. The predicted octanol–water partition coefficient (Wildman–Crippen LogP) is 2.67. The van der Waals surface area contributed by atoms with Gasteiger partial charge in [0.05, 0.1) is 6.10 Å². The lowest BCUT2D eigenvalue weighted by Crippen LogP contribution is -2.28. The molecule has 0 aromatic rings. The quantitative estimate of drug-likeness (QED) is 0.635. The van der Waals surface area contributed by atoms with Gasteiger partial charge in [-0.25, -0.2) is 0 Å². The fourth-order valence-electron chi connectivity index (χ4n) is 2.26. The maximum atomic E-state index is 9.56. The second kappa shape index (κ2) is 3.06. The van der Waals surface area contributed by atoms with E-state index in [1.165, 1.54) is 11.1 Å². The molecule has 0 radical (unpaired) electrons. The van der Waals surface area contributed by atoms with E-state index >= 15 is 0 Å². The number of rotatable bonds is 1. The van der Waals surface area contributed by atoms with Crippen molar-refractivity contribution in [2.45, 2.75) is 39.7 Å². The second-order valence-corrected chi connectivity index (χ2v) is 4.34. The van der Waals surface area contributed by atoms with Gasteiger partial charge in [-0.2, -0.15) is 0 Å². The molecule has 0 bridgehead atoms. The van der Waals surface area contributed by atoms with Crippen LogP contribution in [0.15, 0.2) is 23.8 Å². The van der Waals surface area contributed by atoms with Gasteiger partial charge in [0.15, 0.2) is 0 Å². The number of aliphatic hydroxyl groups excluding tert-OH is 1. The van der Waals surface area contributed by atoms with E-state index in [-0.39, 0.29) is 11.5 Å². The Morgan fingerprint density at radius 2 is 2.17 bits per heavy atom. The van der Waals surface area contributed by atoms with Crippen LogP contribution in [0.1, 0.15) is 33.6 Å². The Balaban J connectivity index is 3.03. The minimum atomic E-state index is -0.163. The molecule has 1 heteroatoms. The average molecular weight is 166 g/mol. The van der Waals surface area contributed by atoms with Crippen LogP contribution in [0.2, 0.25) is 0 Å². The van der Waals surface area contributed by atoms with E-state index in [4.69, 9.17) is 0 Å². The first-order chi connectivity index (χ1) is 5.47.